The molecule has 0 radical (unpaired) electrons. The monoisotopic (exact) mass is 263 g/mol. The minimum atomic E-state index is 0. The van der Waals surface area contributed by atoms with Gasteiger partial charge in [0.05, 0.1) is 7.11 Å². The second kappa shape index (κ2) is 7.00. The van der Waals surface area contributed by atoms with Crippen LogP contribution in [0.5, 0.6) is 5.75 Å². The smallest absolute Gasteiger partial charge is 0.125 e. The maximum absolute atomic E-state index is 6.01. The van der Waals surface area contributed by atoms with Gasteiger partial charge in [0.1, 0.15) is 5.75 Å². The Labute approximate surface area is 109 Å². The quantitative estimate of drug-likeness (QED) is 0.905. The third-order valence-electron chi connectivity index (χ3n) is 2.53. The highest BCUT2D eigenvalue weighted by Gasteiger charge is 2.10. The zero-order valence-electron chi connectivity index (χ0n) is 9.92. The fraction of sp³-hybridized carbons (Fsp3) is 0.500. The topological polar surface area (TPSA) is 35.2 Å². The number of nitrogens with two attached hydrogens (primary N) is 1. The van der Waals surface area contributed by atoms with E-state index in [0.29, 0.717) is 0 Å². The van der Waals surface area contributed by atoms with Crippen molar-refractivity contribution in [2.75, 3.05) is 7.11 Å². The summed E-state index contributed by atoms with van der Waals surface area (Å²) in [5.74, 6) is 0.906. The lowest BCUT2D eigenvalue weighted by atomic mass is 10.0. The number of methoxy groups -OCH3 is 1. The van der Waals surface area contributed by atoms with Gasteiger partial charge in [-0.15, -0.1) is 12.4 Å². The summed E-state index contributed by atoms with van der Waals surface area (Å²) < 4.78 is 5.36. The third kappa shape index (κ3) is 3.85. The standard InChI is InChI=1S/C12H18ClNO.ClH/c1-4-11(14)7-9-6-10(13)5-8(2)12(9)15-3;/h5-6,11H,4,7,14H2,1-3H3;1H. The van der Waals surface area contributed by atoms with E-state index < -0.39 is 0 Å². The Morgan fingerprint density at radius 1 is 1.44 bits per heavy atom. The highest BCUT2D eigenvalue weighted by atomic mass is 35.5. The van der Waals surface area contributed by atoms with Gasteiger partial charge in [0.15, 0.2) is 0 Å². The van der Waals surface area contributed by atoms with E-state index in [2.05, 4.69) is 6.92 Å². The van der Waals surface area contributed by atoms with Crippen molar-refractivity contribution in [3.8, 4) is 5.75 Å². The molecule has 0 aliphatic rings. The van der Waals surface area contributed by atoms with E-state index in [0.717, 1.165) is 34.7 Å². The molecule has 16 heavy (non-hydrogen) atoms. The molecule has 1 unspecified atom stereocenters. The minimum Gasteiger partial charge on any atom is -0.496 e. The molecule has 0 bridgehead atoms. The van der Waals surface area contributed by atoms with Gasteiger partial charge in [0, 0.05) is 11.1 Å². The first kappa shape index (κ1) is 15.6. The molecule has 0 heterocycles. The average Bonchev–Trinajstić information content (AvgIpc) is 2.17. The van der Waals surface area contributed by atoms with Crippen LogP contribution < -0.4 is 10.5 Å². The van der Waals surface area contributed by atoms with Gasteiger partial charge in [-0.05, 0) is 43.0 Å². The van der Waals surface area contributed by atoms with Crippen molar-refractivity contribution < 1.29 is 4.74 Å². The number of hydrogen-bond acceptors (Lipinski definition) is 2. The fourth-order valence-corrected chi connectivity index (χ4v) is 1.97. The van der Waals surface area contributed by atoms with Crippen LogP contribution in [0.25, 0.3) is 0 Å². The summed E-state index contributed by atoms with van der Waals surface area (Å²) in [4.78, 5) is 0. The second-order valence-corrected chi connectivity index (χ2v) is 4.22. The molecular weight excluding hydrogens is 245 g/mol. The summed E-state index contributed by atoms with van der Waals surface area (Å²) in [5.41, 5.74) is 8.08. The van der Waals surface area contributed by atoms with Gasteiger partial charge in [0.25, 0.3) is 0 Å². The van der Waals surface area contributed by atoms with E-state index in [-0.39, 0.29) is 18.4 Å². The Morgan fingerprint density at radius 3 is 2.56 bits per heavy atom. The van der Waals surface area contributed by atoms with Crippen molar-refractivity contribution in [1.29, 1.82) is 0 Å². The molecule has 0 saturated carbocycles. The molecule has 1 aromatic carbocycles. The van der Waals surface area contributed by atoms with Gasteiger partial charge in [-0.25, -0.2) is 0 Å². The van der Waals surface area contributed by atoms with E-state index >= 15 is 0 Å². The Balaban J connectivity index is 0.00000225. The molecule has 0 amide bonds. The summed E-state index contributed by atoms with van der Waals surface area (Å²) in [6.45, 7) is 4.07. The largest absolute Gasteiger partial charge is 0.496 e. The van der Waals surface area contributed by atoms with Crippen molar-refractivity contribution >= 4 is 24.0 Å². The Kier molecular flexibility index (Phi) is 6.81. The lowest BCUT2D eigenvalue weighted by Crippen LogP contribution is -2.21. The fourth-order valence-electron chi connectivity index (χ4n) is 1.67. The molecule has 92 valence electrons. The average molecular weight is 264 g/mol. The predicted octanol–water partition coefficient (Wildman–Crippen LogP) is 3.36. The van der Waals surface area contributed by atoms with Crippen molar-refractivity contribution in [2.24, 2.45) is 5.73 Å². The zero-order valence-corrected chi connectivity index (χ0v) is 11.5. The van der Waals surface area contributed by atoms with Crippen LogP contribution in [0.2, 0.25) is 5.02 Å². The number of halogens is 2. The molecule has 2 nitrogen and oxygen atoms in total. The zero-order chi connectivity index (χ0) is 11.4. The Bertz CT molecular complexity index is 342. The van der Waals surface area contributed by atoms with Crippen LogP contribution in [-0.4, -0.2) is 13.2 Å². The molecule has 0 aromatic heterocycles. The van der Waals surface area contributed by atoms with Crippen molar-refractivity contribution in [2.45, 2.75) is 32.7 Å². The lowest BCUT2D eigenvalue weighted by Gasteiger charge is -2.15. The van der Waals surface area contributed by atoms with Crippen LogP contribution in [0.1, 0.15) is 24.5 Å². The first-order chi connectivity index (χ1) is 7.08. The van der Waals surface area contributed by atoms with E-state index in [1.165, 1.54) is 0 Å². The highest BCUT2D eigenvalue weighted by molar-refractivity contribution is 6.30. The molecule has 0 aliphatic heterocycles. The molecule has 2 N–H and O–H groups in total. The summed E-state index contributed by atoms with van der Waals surface area (Å²) >= 11 is 6.01. The van der Waals surface area contributed by atoms with Crippen LogP contribution in [0.3, 0.4) is 0 Å². The molecule has 1 atom stereocenters. The van der Waals surface area contributed by atoms with Crippen molar-refractivity contribution in [1.82, 2.24) is 0 Å². The number of benzene rings is 1. The molecule has 0 saturated heterocycles. The number of aryl methyl sites for hydroxylation is 1. The first-order valence-corrected chi connectivity index (χ1v) is 5.54. The van der Waals surface area contributed by atoms with E-state index in [1.54, 1.807) is 7.11 Å². The number of ether oxygens (including phenoxy) is 1. The lowest BCUT2D eigenvalue weighted by molar-refractivity contribution is 0.404. The van der Waals surface area contributed by atoms with Gasteiger partial charge in [-0.2, -0.15) is 0 Å². The minimum absolute atomic E-state index is 0. The van der Waals surface area contributed by atoms with E-state index in [4.69, 9.17) is 22.1 Å². The summed E-state index contributed by atoms with van der Waals surface area (Å²) in [5, 5.41) is 0.742. The van der Waals surface area contributed by atoms with Crippen LogP contribution >= 0.6 is 24.0 Å². The normalized spacial score (nSPS) is 11.8. The van der Waals surface area contributed by atoms with Crippen LogP contribution in [0, 0.1) is 6.92 Å². The summed E-state index contributed by atoms with van der Waals surface area (Å²) in [6.07, 6.45) is 1.76. The Hall–Kier alpha value is -0.440. The number of hydrogen-bond donors (Lipinski definition) is 1. The van der Waals surface area contributed by atoms with E-state index in [1.807, 2.05) is 19.1 Å². The predicted molar refractivity (Wildman–Crippen MR) is 72.0 cm³/mol. The second-order valence-electron chi connectivity index (χ2n) is 3.79. The van der Waals surface area contributed by atoms with Crippen LogP contribution in [0.15, 0.2) is 12.1 Å². The molecule has 0 fully saturated rings. The number of rotatable bonds is 4. The molecule has 4 heteroatoms. The Morgan fingerprint density at radius 2 is 2.06 bits per heavy atom. The molecule has 1 aromatic rings. The van der Waals surface area contributed by atoms with Gasteiger partial charge in [0.2, 0.25) is 0 Å². The maximum Gasteiger partial charge on any atom is 0.125 e. The van der Waals surface area contributed by atoms with Crippen molar-refractivity contribution in [3.63, 3.8) is 0 Å². The maximum atomic E-state index is 6.01. The molecule has 0 spiro atoms. The SMILES string of the molecule is CCC(N)Cc1cc(Cl)cc(C)c1OC.Cl. The summed E-state index contributed by atoms with van der Waals surface area (Å²) in [6, 6.07) is 4.00. The van der Waals surface area contributed by atoms with Crippen molar-refractivity contribution in [3.05, 3.63) is 28.3 Å². The van der Waals surface area contributed by atoms with Gasteiger partial charge >= 0.3 is 0 Å². The van der Waals surface area contributed by atoms with Gasteiger partial charge < -0.3 is 10.5 Å². The van der Waals surface area contributed by atoms with Crippen LogP contribution in [-0.2, 0) is 6.42 Å². The molecular formula is C12H19Cl2NO. The highest BCUT2D eigenvalue weighted by Crippen LogP contribution is 2.28. The van der Waals surface area contributed by atoms with Gasteiger partial charge in [-0.3, -0.25) is 0 Å². The van der Waals surface area contributed by atoms with E-state index in [9.17, 15) is 0 Å². The van der Waals surface area contributed by atoms with Gasteiger partial charge in [-0.1, -0.05) is 18.5 Å². The van der Waals surface area contributed by atoms with Crippen LogP contribution in [0.4, 0.5) is 0 Å². The third-order valence-corrected chi connectivity index (χ3v) is 2.75. The summed E-state index contributed by atoms with van der Waals surface area (Å²) in [7, 11) is 1.68. The first-order valence-electron chi connectivity index (χ1n) is 5.17. The molecule has 0 aliphatic carbocycles. The molecule has 1 rings (SSSR count).